The summed E-state index contributed by atoms with van der Waals surface area (Å²) in [6.07, 6.45) is 1.69. The molecule has 0 spiro atoms. The molecule has 2 aromatic carbocycles. The van der Waals surface area contributed by atoms with Crippen molar-refractivity contribution in [1.82, 2.24) is 9.80 Å². The first-order chi connectivity index (χ1) is 14.9. The number of hydrogen-bond acceptors (Lipinski definition) is 5. The summed E-state index contributed by atoms with van der Waals surface area (Å²) in [7, 11) is -4.14. The Morgan fingerprint density at radius 1 is 0.903 bits per heavy atom. The molecular weight excluding hydrogens is 424 g/mol. The Balaban J connectivity index is 1.31. The lowest BCUT2D eigenvalue weighted by Gasteiger charge is -2.34. The van der Waals surface area contributed by atoms with E-state index in [-0.39, 0.29) is 0 Å². The minimum absolute atomic E-state index is 0.316. The van der Waals surface area contributed by atoms with E-state index in [0.717, 1.165) is 62.7 Å². The van der Waals surface area contributed by atoms with E-state index in [0.29, 0.717) is 11.8 Å². The molecule has 0 bridgehead atoms. The maximum absolute atomic E-state index is 13.8. The topological polar surface area (TPSA) is 65.8 Å². The van der Waals surface area contributed by atoms with Crippen molar-refractivity contribution in [1.29, 1.82) is 0 Å². The van der Waals surface area contributed by atoms with E-state index in [4.69, 9.17) is 4.42 Å². The lowest BCUT2D eigenvalue weighted by atomic mass is 10.2. The van der Waals surface area contributed by atoms with Crippen molar-refractivity contribution < 1.29 is 21.6 Å². The van der Waals surface area contributed by atoms with Gasteiger partial charge in [0.2, 0.25) is 0 Å². The summed E-state index contributed by atoms with van der Waals surface area (Å²) < 4.78 is 59.4. The molecule has 31 heavy (non-hydrogen) atoms. The molecule has 0 aliphatic carbocycles. The Hall–Kier alpha value is -2.75. The average Bonchev–Trinajstić information content (AvgIpc) is 3.23. The molecule has 0 radical (unpaired) electrons. The van der Waals surface area contributed by atoms with E-state index >= 15 is 0 Å². The molecule has 0 unspecified atom stereocenters. The van der Waals surface area contributed by atoms with E-state index in [1.165, 1.54) is 0 Å². The van der Waals surface area contributed by atoms with Gasteiger partial charge in [0.1, 0.15) is 22.3 Å². The zero-order valence-corrected chi connectivity index (χ0v) is 17.6. The summed E-state index contributed by atoms with van der Waals surface area (Å²) in [6.45, 7) is 5.32. The number of benzene rings is 2. The Morgan fingerprint density at radius 2 is 1.58 bits per heavy atom. The molecule has 0 atom stereocenters. The van der Waals surface area contributed by atoms with Gasteiger partial charge in [0, 0.05) is 44.5 Å². The first-order valence-electron chi connectivity index (χ1n) is 9.93. The van der Waals surface area contributed by atoms with E-state index < -0.39 is 26.6 Å². The van der Waals surface area contributed by atoms with Gasteiger partial charge in [-0.05, 0) is 42.0 Å². The normalized spacial score (nSPS) is 15.8. The number of sulfonamides is 1. The van der Waals surface area contributed by atoms with Crippen molar-refractivity contribution in [2.75, 3.05) is 30.9 Å². The van der Waals surface area contributed by atoms with Gasteiger partial charge in [0.15, 0.2) is 0 Å². The molecule has 1 N–H and O–H groups in total. The standard InChI is InChI=1S/C22H23F2N3O3S/c23-18-5-8-22(21(24)14-18)31(28,29)25-19-6-3-17(4-7-19)15-26-9-11-27(12-10-26)16-20-2-1-13-30-20/h1-8,13-14,25H,9-12,15-16H2. The molecule has 6 nitrogen and oxygen atoms in total. The van der Waals surface area contributed by atoms with Gasteiger partial charge in [0.25, 0.3) is 10.0 Å². The number of halogens is 2. The monoisotopic (exact) mass is 447 g/mol. The van der Waals surface area contributed by atoms with Crippen LogP contribution in [0.25, 0.3) is 0 Å². The number of nitrogens with one attached hydrogen (secondary N) is 1. The fraction of sp³-hybridized carbons (Fsp3) is 0.273. The smallest absolute Gasteiger partial charge is 0.264 e. The Bertz CT molecular complexity index is 1110. The van der Waals surface area contributed by atoms with E-state index in [1.807, 2.05) is 24.3 Å². The minimum Gasteiger partial charge on any atom is -0.468 e. The second kappa shape index (κ2) is 9.17. The molecule has 1 aromatic heterocycles. The van der Waals surface area contributed by atoms with Crippen molar-refractivity contribution >= 4 is 15.7 Å². The molecule has 1 aliphatic rings. The van der Waals surface area contributed by atoms with Gasteiger partial charge in [-0.1, -0.05) is 12.1 Å². The van der Waals surface area contributed by atoms with Crippen molar-refractivity contribution in [3.05, 3.63) is 83.8 Å². The van der Waals surface area contributed by atoms with Gasteiger partial charge in [-0.2, -0.15) is 0 Å². The highest BCUT2D eigenvalue weighted by Crippen LogP contribution is 2.21. The van der Waals surface area contributed by atoms with Crippen molar-refractivity contribution in [2.24, 2.45) is 0 Å². The largest absolute Gasteiger partial charge is 0.468 e. The van der Waals surface area contributed by atoms with Gasteiger partial charge < -0.3 is 4.42 Å². The maximum Gasteiger partial charge on any atom is 0.264 e. The first-order valence-corrected chi connectivity index (χ1v) is 11.4. The van der Waals surface area contributed by atoms with Crippen LogP contribution in [-0.4, -0.2) is 44.4 Å². The Labute approximate surface area is 180 Å². The van der Waals surface area contributed by atoms with Gasteiger partial charge in [0.05, 0.1) is 12.8 Å². The van der Waals surface area contributed by atoms with E-state index in [9.17, 15) is 17.2 Å². The predicted octanol–water partition coefficient (Wildman–Crippen LogP) is 3.68. The highest BCUT2D eigenvalue weighted by molar-refractivity contribution is 7.92. The summed E-state index contributed by atoms with van der Waals surface area (Å²) in [5, 5.41) is 0. The third kappa shape index (κ3) is 5.49. The quantitative estimate of drug-likeness (QED) is 0.599. The van der Waals surface area contributed by atoms with Crippen LogP contribution in [0, 0.1) is 11.6 Å². The fourth-order valence-corrected chi connectivity index (χ4v) is 4.69. The predicted molar refractivity (Wildman–Crippen MR) is 113 cm³/mol. The molecule has 9 heteroatoms. The molecule has 164 valence electrons. The zero-order chi connectivity index (χ0) is 21.8. The van der Waals surface area contributed by atoms with E-state index in [1.54, 1.807) is 18.4 Å². The van der Waals surface area contributed by atoms with Crippen molar-refractivity contribution in [2.45, 2.75) is 18.0 Å². The summed E-state index contributed by atoms with van der Waals surface area (Å²) >= 11 is 0. The lowest BCUT2D eigenvalue weighted by molar-refractivity contribution is 0.116. The second-order valence-electron chi connectivity index (χ2n) is 7.51. The highest BCUT2D eigenvalue weighted by Gasteiger charge is 2.20. The van der Waals surface area contributed by atoms with Crippen LogP contribution in [0.4, 0.5) is 14.5 Å². The summed E-state index contributed by atoms with van der Waals surface area (Å²) in [6, 6.07) is 13.2. The van der Waals surface area contributed by atoms with Gasteiger partial charge in [-0.15, -0.1) is 0 Å². The van der Waals surface area contributed by atoms with Crippen LogP contribution in [0.1, 0.15) is 11.3 Å². The molecule has 1 saturated heterocycles. The number of anilines is 1. The van der Waals surface area contributed by atoms with Crippen LogP contribution in [0.2, 0.25) is 0 Å². The van der Waals surface area contributed by atoms with Gasteiger partial charge in [-0.25, -0.2) is 17.2 Å². The Kier molecular flexibility index (Phi) is 6.35. The van der Waals surface area contributed by atoms with Crippen molar-refractivity contribution in [3.63, 3.8) is 0 Å². The summed E-state index contributed by atoms with van der Waals surface area (Å²) in [5.41, 5.74) is 1.37. The lowest BCUT2D eigenvalue weighted by Crippen LogP contribution is -2.45. The molecule has 0 saturated carbocycles. The van der Waals surface area contributed by atoms with Crippen LogP contribution < -0.4 is 4.72 Å². The minimum atomic E-state index is -4.14. The molecule has 3 aromatic rings. The number of furan rings is 1. The molecule has 4 rings (SSSR count). The SMILES string of the molecule is O=S(=O)(Nc1ccc(CN2CCN(Cc3ccco3)CC2)cc1)c1ccc(F)cc1F. The van der Waals surface area contributed by atoms with E-state index in [2.05, 4.69) is 14.5 Å². The van der Waals surface area contributed by atoms with Gasteiger partial charge in [-0.3, -0.25) is 14.5 Å². The van der Waals surface area contributed by atoms with Gasteiger partial charge >= 0.3 is 0 Å². The number of piperazine rings is 1. The van der Waals surface area contributed by atoms with Crippen LogP contribution in [0.15, 0.2) is 70.2 Å². The average molecular weight is 448 g/mol. The first kappa shape index (κ1) is 21.5. The summed E-state index contributed by atoms with van der Waals surface area (Å²) in [5.74, 6) is -0.995. The van der Waals surface area contributed by atoms with Crippen LogP contribution in [-0.2, 0) is 23.1 Å². The van der Waals surface area contributed by atoms with Crippen LogP contribution in [0.3, 0.4) is 0 Å². The number of rotatable bonds is 7. The summed E-state index contributed by atoms with van der Waals surface area (Å²) in [4.78, 5) is 4.10. The highest BCUT2D eigenvalue weighted by atomic mass is 32.2. The van der Waals surface area contributed by atoms with Crippen LogP contribution >= 0.6 is 0 Å². The van der Waals surface area contributed by atoms with Crippen LogP contribution in [0.5, 0.6) is 0 Å². The third-order valence-electron chi connectivity index (χ3n) is 5.22. The fourth-order valence-electron chi connectivity index (χ4n) is 3.57. The Morgan fingerprint density at radius 3 is 2.19 bits per heavy atom. The van der Waals surface area contributed by atoms with Crippen molar-refractivity contribution in [3.8, 4) is 0 Å². The second-order valence-corrected chi connectivity index (χ2v) is 9.16. The third-order valence-corrected chi connectivity index (χ3v) is 6.63. The molecule has 0 amide bonds. The molecular formula is C22H23F2N3O3S. The molecule has 2 heterocycles. The number of nitrogens with zero attached hydrogens (tertiary/aromatic N) is 2. The molecule has 1 fully saturated rings. The molecule has 1 aliphatic heterocycles. The maximum atomic E-state index is 13.8. The number of hydrogen-bond donors (Lipinski definition) is 1. The zero-order valence-electron chi connectivity index (χ0n) is 16.8.